The molecule has 1 aromatic carbocycles. The molecule has 0 fully saturated rings. The lowest BCUT2D eigenvalue weighted by atomic mass is 10.3. The van der Waals surface area contributed by atoms with Gasteiger partial charge in [0.1, 0.15) is 17.2 Å². The molecule has 0 amide bonds. The zero-order chi connectivity index (χ0) is 13.8. The summed E-state index contributed by atoms with van der Waals surface area (Å²) in [4.78, 5) is 8.09. The average molecular weight is 286 g/mol. The number of nitrogens with zero attached hydrogens (tertiary/aromatic N) is 6. The third kappa shape index (κ3) is 2.58. The topological polar surface area (TPSA) is 107 Å². The predicted octanol–water partition coefficient (Wildman–Crippen LogP) is 0.889. The van der Waals surface area contributed by atoms with Crippen molar-refractivity contribution in [3.05, 3.63) is 42.7 Å². The zero-order valence-corrected chi connectivity index (χ0v) is 11.0. The van der Waals surface area contributed by atoms with Crippen LogP contribution >= 0.6 is 11.8 Å². The summed E-state index contributed by atoms with van der Waals surface area (Å²) >= 11 is 1.33. The van der Waals surface area contributed by atoms with Gasteiger partial charge in [0, 0.05) is 6.07 Å². The summed E-state index contributed by atoms with van der Waals surface area (Å²) in [6.45, 7) is 0. The van der Waals surface area contributed by atoms with E-state index in [1.54, 1.807) is 10.7 Å². The minimum Gasteiger partial charge on any atom is -0.308 e. The molecule has 0 saturated heterocycles. The predicted molar refractivity (Wildman–Crippen MR) is 73.1 cm³/mol. The monoisotopic (exact) mass is 286 g/mol. The standard InChI is InChI=1S/C11H10N8S/c12-15-9-6-10(14-7-13-9)20-11-16-17-18-19(11)8-4-2-1-3-5-8/h1-7H,12H2,(H,13,14,15). The Kier molecular flexibility index (Phi) is 3.52. The van der Waals surface area contributed by atoms with Crippen molar-refractivity contribution in [3.63, 3.8) is 0 Å². The van der Waals surface area contributed by atoms with Crippen molar-refractivity contribution in [1.29, 1.82) is 0 Å². The van der Waals surface area contributed by atoms with Crippen LogP contribution in [0.3, 0.4) is 0 Å². The molecule has 0 unspecified atom stereocenters. The normalized spacial score (nSPS) is 10.4. The Hall–Kier alpha value is -2.52. The van der Waals surface area contributed by atoms with Gasteiger partial charge in [-0.1, -0.05) is 18.2 Å². The number of benzene rings is 1. The van der Waals surface area contributed by atoms with Crippen molar-refractivity contribution in [2.24, 2.45) is 5.84 Å². The van der Waals surface area contributed by atoms with Crippen LogP contribution in [-0.2, 0) is 0 Å². The Labute approximate surface area is 118 Å². The maximum atomic E-state index is 5.32. The van der Waals surface area contributed by atoms with E-state index in [1.807, 2.05) is 30.3 Å². The van der Waals surface area contributed by atoms with Gasteiger partial charge in [-0.25, -0.2) is 15.8 Å². The van der Waals surface area contributed by atoms with Gasteiger partial charge in [-0.15, -0.1) is 5.10 Å². The fourth-order valence-corrected chi connectivity index (χ4v) is 2.30. The zero-order valence-electron chi connectivity index (χ0n) is 10.2. The Bertz CT molecular complexity index is 698. The molecule has 3 aromatic rings. The molecule has 0 aliphatic heterocycles. The van der Waals surface area contributed by atoms with Crippen molar-refractivity contribution >= 4 is 17.6 Å². The van der Waals surface area contributed by atoms with Crippen molar-refractivity contribution in [3.8, 4) is 5.69 Å². The number of tetrazole rings is 1. The number of rotatable bonds is 4. The van der Waals surface area contributed by atoms with E-state index in [2.05, 4.69) is 30.9 Å². The van der Waals surface area contributed by atoms with E-state index in [0.29, 0.717) is 16.0 Å². The molecule has 0 radical (unpaired) electrons. The van der Waals surface area contributed by atoms with Gasteiger partial charge in [0.15, 0.2) is 0 Å². The van der Waals surface area contributed by atoms with Crippen LogP contribution < -0.4 is 11.3 Å². The van der Waals surface area contributed by atoms with Crippen molar-refractivity contribution in [1.82, 2.24) is 30.2 Å². The van der Waals surface area contributed by atoms with E-state index in [-0.39, 0.29) is 0 Å². The van der Waals surface area contributed by atoms with E-state index in [9.17, 15) is 0 Å². The summed E-state index contributed by atoms with van der Waals surface area (Å²) in [6, 6.07) is 11.3. The summed E-state index contributed by atoms with van der Waals surface area (Å²) in [5, 5.41) is 13.0. The third-order valence-electron chi connectivity index (χ3n) is 2.43. The Morgan fingerprint density at radius 2 is 2.00 bits per heavy atom. The molecular formula is C11H10N8S. The number of nitrogen functional groups attached to an aromatic ring is 1. The molecule has 100 valence electrons. The molecular weight excluding hydrogens is 276 g/mol. The minimum atomic E-state index is 0.529. The van der Waals surface area contributed by atoms with Gasteiger partial charge in [0.2, 0.25) is 5.16 Å². The van der Waals surface area contributed by atoms with Crippen LogP contribution in [0.1, 0.15) is 0 Å². The number of aromatic nitrogens is 6. The number of para-hydroxylation sites is 1. The van der Waals surface area contributed by atoms with Gasteiger partial charge in [-0.3, -0.25) is 0 Å². The Morgan fingerprint density at radius 3 is 2.80 bits per heavy atom. The smallest absolute Gasteiger partial charge is 0.220 e. The van der Waals surface area contributed by atoms with Gasteiger partial charge in [0.05, 0.1) is 5.69 Å². The third-order valence-corrected chi connectivity index (χ3v) is 3.30. The van der Waals surface area contributed by atoms with Crippen molar-refractivity contribution < 1.29 is 0 Å². The van der Waals surface area contributed by atoms with Crippen LogP contribution in [0, 0.1) is 0 Å². The highest BCUT2D eigenvalue weighted by atomic mass is 32.2. The second kappa shape index (κ2) is 5.63. The second-order valence-corrected chi connectivity index (χ2v) is 4.68. The van der Waals surface area contributed by atoms with Gasteiger partial charge >= 0.3 is 0 Å². The van der Waals surface area contributed by atoms with Crippen LogP contribution in [0.4, 0.5) is 5.82 Å². The van der Waals surface area contributed by atoms with Gasteiger partial charge in [-0.2, -0.15) is 4.68 Å². The quantitative estimate of drug-likeness (QED) is 0.413. The molecule has 0 atom stereocenters. The molecule has 20 heavy (non-hydrogen) atoms. The Balaban J connectivity index is 1.90. The number of hydrogen-bond acceptors (Lipinski definition) is 8. The van der Waals surface area contributed by atoms with Gasteiger partial charge < -0.3 is 5.43 Å². The molecule has 0 aliphatic rings. The first-order valence-corrected chi connectivity index (χ1v) is 6.49. The van der Waals surface area contributed by atoms with E-state index >= 15 is 0 Å². The van der Waals surface area contributed by atoms with Crippen LogP contribution in [0.5, 0.6) is 0 Å². The summed E-state index contributed by atoms with van der Waals surface area (Å²) in [7, 11) is 0. The molecule has 0 bridgehead atoms. The van der Waals surface area contributed by atoms with E-state index in [4.69, 9.17) is 5.84 Å². The number of anilines is 1. The molecule has 0 spiro atoms. The highest BCUT2D eigenvalue weighted by molar-refractivity contribution is 7.99. The van der Waals surface area contributed by atoms with E-state index in [0.717, 1.165) is 5.69 Å². The fourth-order valence-electron chi connectivity index (χ4n) is 1.54. The second-order valence-electron chi connectivity index (χ2n) is 3.70. The largest absolute Gasteiger partial charge is 0.308 e. The summed E-state index contributed by atoms with van der Waals surface area (Å²) < 4.78 is 1.64. The lowest BCUT2D eigenvalue weighted by Crippen LogP contribution is -2.08. The van der Waals surface area contributed by atoms with Crippen LogP contribution in [-0.4, -0.2) is 30.2 Å². The first-order chi connectivity index (χ1) is 9.86. The molecule has 8 nitrogen and oxygen atoms in total. The van der Waals surface area contributed by atoms with Crippen LogP contribution in [0.2, 0.25) is 0 Å². The number of hydrazine groups is 1. The molecule has 2 aromatic heterocycles. The molecule has 3 rings (SSSR count). The molecule has 2 heterocycles. The Morgan fingerprint density at radius 1 is 1.15 bits per heavy atom. The highest BCUT2D eigenvalue weighted by Gasteiger charge is 2.11. The summed E-state index contributed by atoms with van der Waals surface area (Å²) in [5.41, 5.74) is 3.35. The number of hydrogen-bond donors (Lipinski definition) is 2. The lowest BCUT2D eigenvalue weighted by molar-refractivity contribution is 0.756. The van der Waals surface area contributed by atoms with Crippen molar-refractivity contribution in [2.45, 2.75) is 10.2 Å². The highest BCUT2D eigenvalue weighted by Crippen LogP contribution is 2.25. The lowest BCUT2D eigenvalue weighted by Gasteiger charge is -2.04. The van der Waals surface area contributed by atoms with Gasteiger partial charge in [0.25, 0.3) is 0 Å². The van der Waals surface area contributed by atoms with Crippen LogP contribution in [0.15, 0.2) is 52.9 Å². The maximum Gasteiger partial charge on any atom is 0.220 e. The first kappa shape index (κ1) is 12.5. The molecule has 0 aliphatic carbocycles. The van der Waals surface area contributed by atoms with Gasteiger partial charge in [-0.05, 0) is 34.3 Å². The van der Waals surface area contributed by atoms with Crippen LogP contribution in [0.25, 0.3) is 5.69 Å². The SMILES string of the molecule is NNc1cc(Sc2nnnn2-c2ccccc2)ncn1. The number of nitrogens with one attached hydrogen (secondary N) is 1. The molecule has 0 saturated carbocycles. The van der Waals surface area contributed by atoms with E-state index in [1.165, 1.54) is 18.1 Å². The minimum absolute atomic E-state index is 0.529. The summed E-state index contributed by atoms with van der Waals surface area (Å²) in [6.07, 6.45) is 1.42. The molecule has 3 N–H and O–H groups in total. The number of nitrogens with two attached hydrogens (primary N) is 1. The fraction of sp³-hybridized carbons (Fsp3) is 0. The first-order valence-electron chi connectivity index (χ1n) is 5.67. The van der Waals surface area contributed by atoms with E-state index < -0.39 is 0 Å². The molecule has 9 heteroatoms. The van der Waals surface area contributed by atoms with Crippen molar-refractivity contribution in [2.75, 3.05) is 5.43 Å². The maximum absolute atomic E-state index is 5.32. The summed E-state index contributed by atoms with van der Waals surface area (Å²) in [5.74, 6) is 5.85. The average Bonchev–Trinajstić information content (AvgIpc) is 2.96.